The maximum Gasteiger partial charge on any atom is 0.124 e. The second kappa shape index (κ2) is 4.80. The molecule has 0 bridgehead atoms. The molecule has 0 aliphatic carbocycles. The molecule has 0 spiro atoms. The van der Waals surface area contributed by atoms with Crippen LogP contribution in [0.15, 0.2) is 18.2 Å². The highest BCUT2D eigenvalue weighted by atomic mass is 35.5. The Labute approximate surface area is 112 Å². The smallest absolute Gasteiger partial charge is 0.124 e. The van der Waals surface area contributed by atoms with Crippen molar-refractivity contribution in [2.24, 2.45) is 11.8 Å². The minimum Gasteiger partial charge on any atom is -0.316 e. The number of hydrogen-bond donors (Lipinski definition) is 1. The molecule has 1 unspecified atom stereocenters. The lowest BCUT2D eigenvalue weighted by Gasteiger charge is -2.26. The largest absolute Gasteiger partial charge is 0.316 e. The van der Waals surface area contributed by atoms with E-state index in [0.717, 1.165) is 43.6 Å². The molecule has 0 aromatic heterocycles. The Morgan fingerprint density at radius 3 is 2.61 bits per heavy atom. The van der Waals surface area contributed by atoms with Crippen molar-refractivity contribution >= 4 is 11.6 Å². The SMILES string of the molecule is CC(c1ccc(F)cc1Cl)N1C[C@H]2CNC[C@H]2C1. The molecule has 1 aromatic carbocycles. The van der Waals surface area contributed by atoms with Gasteiger partial charge in [-0.25, -0.2) is 4.39 Å². The highest BCUT2D eigenvalue weighted by molar-refractivity contribution is 6.31. The average molecular weight is 269 g/mol. The summed E-state index contributed by atoms with van der Waals surface area (Å²) in [5.41, 5.74) is 1.03. The van der Waals surface area contributed by atoms with Gasteiger partial charge in [0.1, 0.15) is 5.82 Å². The molecule has 2 fully saturated rings. The van der Waals surface area contributed by atoms with E-state index in [1.54, 1.807) is 0 Å². The number of hydrogen-bond acceptors (Lipinski definition) is 2. The molecule has 3 atom stereocenters. The van der Waals surface area contributed by atoms with Crippen molar-refractivity contribution < 1.29 is 4.39 Å². The first-order chi connectivity index (χ1) is 8.65. The number of halogens is 2. The number of nitrogens with zero attached hydrogens (tertiary/aromatic N) is 1. The van der Waals surface area contributed by atoms with Crippen molar-refractivity contribution in [3.05, 3.63) is 34.6 Å². The van der Waals surface area contributed by atoms with Crippen LogP contribution in [0.4, 0.5) is 4.39 Å². The fourth-order valence-corrected chi connectivity index (χ4v) is 3.57. The van der Waals surface area contributed by atoms with Gasteiger partial charge in [0, 0.05) is 24.2 Å². The zero-order valence-electron chi connectivity index (χ0n) is 10.5. The Kier molecular flexibility index (Phi) is 3.31. The molecule has 18 heavy (non-hydrogen) atoms. The van der Waals surface area contributed by atoms with Crippen LogP contribution in [-0.2, 0) is 0 Å². The number of benzene rings is 1. The molecule has 1 N–H and O–H groups in total. The molecule has 98 valence electrons. The summed E-state index contributed by atoms with van der Waals surface area (Å²) in [6.07, 6.45) is 0. The summed E-state index contributed by atoms with van der Waals surface area (Å²) in [4.78, 5) is 2.47. The number of rotatable bonds is 2. The second-order valence-corrected chi connectivity index (χ2v) is 5.88. The lowest BCUT2D eigenvalue weighted by Crippen LogP contribution is -2.28. The van der Waals surface area contributed by atoms with Gasteiger partial charge in [-0.1, -0.05) is 17.7 Å². The quantitative estimate of drug-likeness (QED) is 0.887. The molecule has 0 amide bonds. The minimum absolute atomic E-state index is 0.265. The third-order valence-electron chi connectivity index (χ3n) is 4.38. The molecule has 3 rings (SSSR count). The van der Waals surface area contributed by atoms with Crippen molar-refractivity contribution in [3.8, 4) is 0 Å². The monoisotopic (exact) mass is 268 g/mol. The summed E-state index contributed by atoms with van der Waals surface area (Å²) in [6, 6.07) is 4.99. The van der Waals surface area contributed by atoms with Gasteiger partial charge in [0.2, 0.25) is 0 Å². The molecule has 1 aromatic rings. The normalized spacial score (nSPS) is 29.5. The topological polar surface area (TPSA) is 15.3 Å². The van der Waals surface area contributed by atoms with Crippen molar-refractivity contribution in [1.29, 1.82) is 0 Å². The maximum absolute atomic E-state index is 13.1. The molecule has 2 saturated heterocycles. The van der Waals surface area contributed by atoms with Crippen LogP contribution in [0, 0.1) is 17.7 Å². The van der Waals surface area contributed by atoms with E-state index in [1.807, 2.05) is 6.07 Å². The zero-order chi connectivity index (χ0) is 12.7. The molecule has 2 aliphatic rings. The fourth-order valence-electron chi connectivity index (χ4n) is 3.24. The van der Waals surface area contributed by atoms with E-state index in [2.05, 4.69) is 17.1 Å². The van der Waals surface area contributed by atoms with Gasteiger partial charge in [-0.2, -0.15) is 0 Å². The van der Waals surface area contributed by atoms with E-state index in [9.17, 15) is 4.39 Å². The van der Waals surface area contributed by atoms with E-state index >= 15 is 0 Å². The van der Waals surface area contributed by atoms with Gasteiger partial charge in [0.15, 0.2) is 0 Å². The average Bonchev–Trinajstić information content (AvgIpc) is 2.87. The van der Waals surface area contributed by atoms with Crippen LogP contribution < -0.4 is 5.32 Å². The van der Waals surface area contributed by atoms with Crippen molar-refractivity contribution in [1.82, 2.24) is 10.2 Å². The Morgan fingerprint density at radius 2 is 2.00 bits per heavy atom. The van der Waals surface area contributed by atoms with Crippen molar-refractivity contribution in [2.45, 2.75) is 13.0 Å². The van der Waals surface area contributed by atoms with Crippen LogP contribution in [0.2, 0.25) is 5.02 Å². The number of fused-ring (bicyclic) bond motifs is 1. The first kappa shape index (κ1) is 12.4. The zero-order valence-corrected chi connectivity index (χ0v) is 11.3. The first-order valence-corrected chi connectivity index (χ1v) is 6.92. The van der Waals surface area contributed by atoms with Gasteiger partial charge in [-0.05, 0) is 49.5 Å². The van der Waals surface area contributed by atoms with E-state index in [1.165, 1.54) is 12.1 Å². The van der Waals surface area contributed by atoms with Crippen LogP contribution in [-0.4, -0.2) is 31.1 Å². The highest BCUT2D eigenvalue weighted by Crippen LogP contribution is 2.35. The van der Waals surface area contributed by atoms with Gasteiger partial charge in [0.05, 0.1) is 0 Å². The summed E-state index contributed by atoms with van der Waals surface area (Å²) in [5.74, 6) is 1.27. The van der Waals surface area contributed by atoms with Gasteiger partial charge >= 0.3 is 0 Å². The lowest BCUT2D eigenvalue weighted by atomic mass is 10.0. The van der Waals surface area contributed by atoms with Gasteiger partial charge in [0.25, 0.3) is 0 Å². The molecule has 2 nitrogen and oxygen atoms in total. The van der Waals surface area contributed by atoms with Crippen LogP contribution in [0.3, 0.4) is 0 Å². The van der Waals surface area contributed by atoms with Crippen LogP contribution >= 0.6 is 11.6 Å². The predicted octanol–water partition coefficient (Wildman–Crippen LogP) is 2.69. The maximum atomic E-state index is 13.1. The molecule has 0 radical (unpaired) electrons. The number of likely N-dealkylation sites (tertiary alicyclic amines) is 1. The lowest BCUT2D eigenvalue weighted by molar-refractivity contribution is 0.244. The van der Waals surface area contributed by atoms with Gasteiger partial charge in [-0.3, -0.25) is 4.90 Å². The molecule has 2 aliphatic heterocycles. The first-order valence-electron chi connectivity index (χ1n) is 6.55. The minimum atomic E-state index is -0.265. The van der Waals surface area contributed by atoms with Crippen molar-refractivity contribution in [3.63, 3.8) is 0 Å². The summed E-state index contributed by atoms with van der Waals surface area (Å²) >= 11 is 6.14. The Balaban J connectivity index is 1.76. The van der Waals surface area contributed by atoms with Crippen LogP contribution in [0.25, 0.3) is 0 Å². The Hall–Kier alpha value is -0.640. The van der Waals surface area contributed by atoms with Crippen LogP contribution in [0.1, 0.15) is 18.5 Å². The Bertz CT molecular complexity index is 439. The van der Waals surface area contributed by atoms with E-state index in [4.69, 9.17) is 11.6 Å². The third-order valence-corrected chi connectivity index (χ3v) is 4.71. The molecule has 0 saturated carbocycles. The molecular formula is C14H18ClFN2. The van der Waals surface area contributed by atoms with E-state index in [0.29, 0.717) is 5.02 Å². The molecule has 4 heteroatoms. The molecular weight excluding hydrogens is 251 g/mol. The van der Waals surface area contributed by atoms with Gasteiger partial charge < -0.3 is 5.32 Å². The third kappa shape index (κ3) is 2.15. The summed E-state index contributed by atoms with van der Waals surface area (Å²) in [5, 5.41) is 3.98. The van der Waals surface area contributed by atoms with Gasteiger partial charge in [-0.15, -0.1) is 0 Å². The Morgan fingerprint density at radius 1 is 1.33 bits per heavy atom. The predicted molar refractivity (Wildman–Crippen MR) is 71.2 cm³/mol. The molecule has 2 heterocycles. The van der Waals surface area contributed by atoms with E-state index in [-0.39, 0.29) is 11.9 Å². The standard InChI is InChI=1S/C14H18ClFN2/c1-9(13-3-2-12(16)4-14(13)15)18-7-10-5-17-6-11(10)8-18/h2-4,9-11,17H,5-8H2,1H3/t9?,10-,11+. The van der Waals surface area contributed by atoms with E-state index < -0.39 is 0 Å². The second-order valence-electron chi connectivity index (χ2n) is 5.47. The highest BCUT2D eigenvalue weighted by Gasteiger charge is 2.38. The fraction of sp³-hybridized carbons (Fsp3) is 0.571. The van der Waals surface area contributed by atoms with Crippen molar-refractivity contribution in [2.75, 3.05) is 26.2 Å². The number of nitrogens with one attached hydrogen (secondary N) is 1. The summed E-state index contributed by atoms with van der Waals surface area (Å²) in [7, 11) is 0. The summed E-state index contributed by atoms with van der Waals surface area (Å²) in [6.45, 7) is 6.66. The van der Waals surface area contributed by atoms with Crippen LogP contribution in [0.5, 0.6) is 0 Å². The summed E-state index contributed by atoms with van der Waals surface area (Å²) < 4.78 is 13.1.